The third-order valence-electron chi connectivity index (χ3n) is 4.41. The van der Waals surface area contributed by atoms with Gasteiger partial charge in [-0.05, 0) is 30.9 Å². The van der Waals surface area contributed by atoms with Crippen LogP contribution in [0.15, 0.2) is 12.3 Å². The van der Waals surface area contributed by atoms with Gasteiger partial charge in [-0.25, -0.2) is 9.97 Å². The van der Waals surface area contributed by atoms with Gasteiger partial charge in [-0.15, -0.1) is 11.6 Å². The van der Waals surface area contributed by atoms with Crippen LogP contribution in [0, 0.1) is 12.8 Å². The Balaban J connectivity index is 1.81. The summed E-state index contributed by atoms with van der Waals surface area (Å²) in [4.78, 5) is 9.18. The van der Waals surface area contributed by atoms with Crippen molar-refractivity contribution in [3.05, 3.63) is 23.7 Å². The van der Waals surface area contributed by atoms with E-state index < -0.39 is 0 Å². The number of imidazole rings is 1. The molecule has 3 nitrogen and oxygen atoms in total. The number of halogens is 1. The van der Waals surface area contributed by atoms with Crippen molar-refractivity contribution < 1.29 is 0 Å². The summed E-state index contributed by atoms with van der Waals surface area (Å²) < 4.78 is 2.22. The van der Waals surface area contributed by atoms with Gasteiger partial charge in [0.15, 0.2) is 5.65 Å². The minimum Gasteiger partial charge on any atom is -0.312 e. The van der Waals surface area contributed by atoms with Gasteiger partial charge < -0.3 is 4.57 Å². The van der Waals surface area contributed by atoms with Crippen LogP contribution in [-0.2, 0) is 12.4 Å². The van der Waals surface area contributed by atoms with Gasteiger partial charge in [0.05, 0.1) is 5.88 Å². The van der Waals surface area contributed by atoms with Crippen LogP contribution in [0.25, 0.3) is 11.2 Å². The molecule has 4 heteroatoms. The van der Waals surface area contributed by atoms with Crippen LogP contribution in [0.3, 0.4) is 0 Å². The molecule has 0 aromatic carbocycles. The predicted octanol–water partition coefficient (Wildman–Crippen LogP) is 4.45. The molecule has 0 N–H and O–H groups in total. The molecule has 1 aliphatic carbocycles. The zero-order chi connectivity index (χ0) is 13.9. The van der Waals surface area contributed by atoms with Crippen molar-refractivity contribution >= 4 is 22.8 Å². The van der Waals surface area contributed by atoms with E-state index in [-0.39, 0.29) is 0 Å². The van der Waals surface area contributed by atoms with Crippen LogP contribution in [0.1, 0.15) is 49.9 Å². The van der Waals surface area contributed by atoms with Crippen molar-refractivity contribution in [2.24, 2.45) is 5.92 Å². The number of nitrogens with zero attached hydrogens (tertiary/aromatic N) is 3. The number of hydrogen-bond donors (Lipinski definition) is 0. The lowest BCUT2D eigenvalue weighted by Gasteiger charge is -2.21. The topological polar surface area (TPSA) is 30.7 Å². The largest absolute Gasteiger partial charge is 0.312 e. The fourth-order valence-electron chi connectivity index (χ4n) is 3.28. The maximum absolute atomic E-state index is 6.05. The van der Waals surface area contributed by atoms with E-state index in [1.54, 1.807) is 0 Å². The first kappa shape index (κ1) is 13.9. The highest BCUT2D eigenvalue weighted by molar-refractivity contribution is 6.16. The summed E-state index contributed by atoms with van der Waals surface area (Å²) in [6.45, 7) is 3.05. The summed E-state index contributed by atoms with van der Waals surface area (Å²) in [5, 5.41) is 0. The molecule has 3 rings (SSSR count). The lowest BCUT2D eigenvalue weighted by Crippen LogP contribution is -2.11. The number of aromatic nitrogens is 3. The molecule has 0 aliphatic heterocycles. The van der Waals surface area contributed by atoms with Gasteiger partial charge >= 0.3 is 0 Å². The van der Waals surface area contributed by atoms with E-state index in [2.05, 4.69) is 20.6 Å². The van der Waals surface area contributed by atoms with E-state index in [9.17, 15) is 0 Å². The molecule has 20 heavy (non-hydrogen) atoms. The fourth-order valence-corrected chi connectivity index (χ4v) is 3.49. The molecular weight excluding hydrogens is 270 g/mol. The third kappa shape index (κ3) is 2.83. The summed E-state index contributed by atoms with van der Waals surface area (Å²) in [7, 11) is 0. The van der Waals surface area contributed by atoms with E-state index in [0.29, 0.717) is 5.88 Å². The molecule has 2 heterocycles. The Bertz CT molecular complexity index is 585. The summed E-state index contributed by atoms with van der Waals surface area (Å²) in [5.41, 5.74) is 3.11. The number of alkyl halides is 1. The highest BCUT2D eigenvalue weighted by Crippen LogP contribution is 2.27. The van der Waals surface area contributed by atoms with Crippen LogP contribution in [-0.4, -0.2) is 14.5 Å². The molecule has 0 spiro atoms. The number of pyridine rings is 1. The Labute approximate surface area is 125 Å². The Morgan fingerprint density at radius 1 is 1.30 bits per heavy atom. The highest BCUT2D eigenvalue weighted by atomic mass is 35.5. The Morgan fingerprint density at radius 2 is 2.10 bits per heavy atom. The molecule has 2 aromatic heterocycles. The van der Waals surface area contributed by atoms with Crippen LogP contribution in [0.4, 0.5) is 0 Å². The molecule has 0 atom stereocenters. The van der Waals surface area contributed by atoms with E-state index in [1.807, 2.05) is 13.1 Å². The van der Waals surface area contributed by atoms with Crippen LogP contribution >= 0.6 is 11.6 Å². The second kappa shape index (κ2) is 6.13. The summed E-state index contributed by atoms with van der Waals surface area (Å²) >= 11 is 6.05. The van der Waals surface area contributed by atoms with Gasteiger partial charge in [0.25, 0.3) is 0 Å². The van der Waals surface area contributed by atoms with Gasteiger partial charge in [-0.2, -0.15) is 0 Å². The maximum Gasteiger partial charge on any atom is 0.160 e. The quantitative estimate of drug-likeness (QED) is 0.779. The molecule has 2 aromatic rings. The molecule has 1 aliphatic rings. The standard InChI is InChI=1S/C16H22ClN3/c1-12-9-14-16(18-11-12)20(15(10-17)19-14)8-7-13-5-3-2-4-6-13/h9,11,13H,2-8,10H2,1H3. The zero-order valence-electron chi connectivity index (χ0n) is 12.1. The molecule has 1 fully saturated rings. The maximum atomic E-state index is 6.05. The molecule has 1 saturated carbocycles. The van der Waals surface area contributed by atoms with Crippen molar-refractivity contribution in [2.45, 2.75) is 57.9 Å². The Kier molecular flexibility index (Phi) is 4.25. The van der Waals surface area contributed by atoms with Crippen LogP contribution in [0.2, 0.25) is 0 Å². The van der Waals surface area contributed by atoms with E-state index in [1.165, 1.54) is 38.5 Å². The monoisotopic (exact) mass is 291 g/mol. The SMILES string of the molecule is Cc1cnc2c(c1)nc(CCl)n2CCC1CCCCC1. The average molecular weight is 292 g/mol. The van der Waals surface area contributed by atoms with Crippen LogP contribution in [0.5, 0.6) is 0 Å². The second-order valence-electron chi connectivity index (χ2n) is 5.96. The van der Waals surface area contributed by atoms with Gasteiger partial charge in [-0.3, -0.25) is 0 Å². The number of fused-ring (bicyclic) bond motifs is 1. The normalized spacial score (nSPS) is 16.9. The van der Waals surface area contributed by atoms with E-state index >= 15 is 0 Å². The minimum atomic E-state index is 0.458. The average Bonchev–Trinajstić information content (AvgIpc) is 2.83. The smallest absolute Gasteiger partial charge is 0.160 e. The zero-order valence-corrected chi connectivity index (χ0v) is 12.9. The first-order valence-corrected chi connectivity index (χ1v) is 8.19. The molecular formula is C16H22ClN3. The fraction of sp³-hybridized carbons (Fsp3) is 0.625. The Hall–Kier alpha value is -1.09. The van der Waals surface area contributed by atoms with Gasteiger partial charge in [0.2, 0.25) is 0 Å². The first-order chi connectivity index (χ1) is 9.78. The molecule has 0 amide bonds. The highest BCUT2D eigenvalue weighted by Gasteiger charge is 2.16. The van der Waals surface area contributed by atoms with Crippen molar-refractivity contribution in [2.75, 3.05) is 0 Å². The number of rotatable bonds is 4. The van der Waals surface area contributed by atoms with Gasteiger partial charge in [-0.1, -0.05) is 32.1 Å². The van der Waals surface area contributed by atoms with Gasteiger partial charge in [0, 0.05) is 12.7 Å². The lowest BCUT2D eigenvalue weighted by atomic mass is 9.87. The summed E-state index contributed by atoms with van der Waals surface area (Å²) in [6, 6.07) is 2.09. The van der Waals surface area contributed by atoms with Crippen molar-refractivity contribution in [3.63, 3.8) is 0 Å². The molecule has 108 valence electrons. The summed E-state index contributed by atoms with van der Waals surface area (Å²) in [6.07, 6.45) is 10.1. The molecule has 0 unspecified atom stereocenters. The first-order valence-electron chi connectivity index (χ1n) is 7.65. The second-order valence-corrected chi connectivity index (χ2v) is 6.23. The van der Waals surface area contributed by atoms with Gasteiger partial charge in [0.1, 0.15) is 11.3 Å². The Morgan fingerprint density at radius 3 is 2.85 bits per heavy atom. The van der Waals surface area contributed by atoms with E-state index in [4.69, 9.17) is 11.6 Å². The minimum absolute atomic E-state index is 0.458. The third-order valence-corrected chi connectivity index (χ3v) is 4.64. The van der Waals surface area contributed by atoms with Crippen LogP contribution < -0.4 is 0 Å². The van der Waals surface area contributed by atoms with E-state index in [0.717, 1.165) is 35.0 Å². The number of aryl methyl sites for hydroxylation is 2. The predicted molar refractivity (Wildman–Crippen MR) is 83.0 cm³/mol. The molecule has 0 bridgehead atoms. The van der Waals surface area contributed by atoms with Crippen molar-refractivity contribution in [3.8, 4) is 0 Å². The van der Waals surface area contributed by atoms with Crippen molar-refractivity contribution in [1.29, 1.82) is 0 Å². The lowest BCUT2D eigenvalue weighted by molar-refractivity contribution is 0.324. The molecule has 0 saturated heterocycles. The van der Waals surface area contributed by atoms with Crippen molar-refractivity contribution in [1.82, 2.24) is 14.5 Å². The summed E-state index contributed by atoms with van der Waals surface area (Å²) in [5.74, 6) is 2.28. The molecule has 0 radical (unpaired) electrons. The number of hydrogen-bond acceptors (Lipinski definition) is 2.